The predicted molar refractivity (Wildman–Crippen MR) is 404 cm³/mol. The number of aliphatic hydroxyl groups excluding tert-OH is 1. The van der Waals surface area contributed by atoms with Crippen LogP contribution in [-0.2, 0) is 65.4 Å². The minimum atomic E-state index is -4.96. The number of hydrogen-bond donors (Lipinski definition) is 3. The summed E-state index contributed by atoms with van der Waals surface area (Å²) in [6.07, 6.45) is 55.7. The Morgan fingerprint density at radius 1 is 0.283 bits per heavy atom. The highest BCUT2D eigenvalue weighted by molar-refractivity contribution is 7.47. The van der Waals surface area contributed by atoms with Crippen molar-refractivity contribution in [2.75, 3.05) is 39.6 Å². The molecule has 0 saturated heterocycles. The number of carbonyl (C=O) groups is 4. The highest BCUT2D eigenvalue weighted by Crippen LogP contribution is 2.45. The van der Waals surface area contributed by atoms with Gasteiger partial charge in [-0.3, -0.25) is 37.3 Å². The molecule has 3 N–H and O–H groups in total. The molecule has 0 fully saturated rings. The maximum Gasteiger partial charge on any atom is 0.472 e. The van der Waals surface area contributed by atoms with Crippen LogP contribution in [0, 0.1) is 23.7 Å². The van der Waals surface area contributed by atoms with Crippen LogP contribution in [0.15, 0.2) is 0 Å². The average Bonchev–Trinajstić information content (AvgIpc) is 1.01. The molecule has 0 aliphatic heterocycles. The van der Waals surface area contributed by atoms with E-state index in [1.807, 2.05) is 0 Å². The van der Waals surface area contributed by atoms with Crippen molar-refractivity contribution in [1.29, 1.82) is 0 Å². The van der Waals surface area contributed by atoms with Gasteiger partial charge in [0.05, 0.1) is 26.4 Å². The van der Waals surface area contributed by atoms with E-state index in [0.29, 0.717) is 25.7 Å². The number of unbranched alkanes of at least 4 members (excludes halogenated alkanes) is 40. The van der Waals surface area contributed by atoms with Crippen LogP contribution < -0.4 is 0 Å². The second-order valence-corrected chi connectivity index (χ2v) is 32.9. The molecule has 8 atom stereocenters. The van der Waals surface area contributed by atoms with Gasteiger partial charge < -0.3 is 33.8 Å². The number of ether oxygens (including phenoxy) is 4. The Kier molecular flexibility index (Phi) is 67.8. The molecule has 0 aromatic heterocycles. The van der Waals surface area contributed by atoms with Crippen molar-refractivity contribution < 1.29 is 80.2 Å². The Labute approximate surface area is 607 Å². The first kappa shape index (κ1) is 97.1. The SMILES string of the molecule is CCC(C)CCCCCCCCCCCCCCCCCCCCC(=O)OC[C@H](COP(=O)(O)OC[C@@H](O)COP(=O)(O)OC[C@@H](COC(=O)CCCCCCCCC(C)CC)OC(=O)CCCCCCCCC(C)CC)OC(=O)CCCCCCCCCCCCCCCCC(C)C. The first-order valence-corrected chi connectivity index (χ1v) is 44.3. The fraction of sp³-hybridized carbons (Fsp3) is 0.950. The molecule has 0 aliphatic carbocycles. The van der Waals surface area contributed by atoms with Crippen molar-refractivity contribution in [1.82, 2.24) is 0 Å². The van der Waals surface area contributed by atoms with Gasteiger partial charge in [-0.1, -0.05) is 357 Å². The summed E-state index contributed by atoms with van der Waals surface area (Å²) in [7, 11) is -9.92. The molecule has 5 unspecified atom stereocenters. The van der Waals surface area contributed by atoms with Gasteiger partial charge in [-0.2, -0.15) is 0 Å². The molecule has 0 radical (unpaired) electrons. The van der Waals surface area contributed by atoms with Gasteiger partial charge in [0.25, 0.3) is 0 Å². The molecule has 0 aliphatic rings. The van der Waals surface area contributed by atoms with Gasteiger partial charge in [-0.15, -0.1) is 0 Å². The topological polar surface area (TPSA) is 237 Å². The molecule has 99 heavy (non-hydrogen) atoms. The lowest BCUT2D eigenvalue weighted by molar-refractivity contribution is -0.161. The Morgan fingerprint density at radius 3 is 0.717 bits per heavy atom. The van der Waals surface area contributed by atoms with Crippen molar-refractivity contribution >= 4 is 39.5 Å². The molecular formula is C80H156O17P2. The molecule has 19 heteroatoms. The monoisotopic (exact) mass is 1450 g/mol. The zero-order valence-electron chi connectivity index (χ0n) is 65.1. The zero-order valence-corrected chi connectivity index (χ0v) is 66.9. The van der Waals surface area contributed by atoms with Crippen molar-refractivity contribution in [3.63, 3.8) is 0 Å². The Hall–Kier alpha value is -1.94. The van der Waals surface area contributed by atoms with Crippen LogP contribution >= 0.6 is 15.6 Å². The third-order valence-corrected chi connectivity index (χ3v) is 21.6. The molecule has 0 spiro atoms. The lowest BCUT2D eigenvalue weighted by Gasteiger charge is -2.21. The van der Waals surface area contributed by atoms with Gasteiger partial charge in [0.1, 0.15) is 19.3 Å². The Balaban J connectivity index is 5.19. The minimum Gasteiger partial charge on any atom is -0.462 e. The normalized spacial score (nSPS) is 14.9. The van der Waals surface area contributed by atoms with Crippen molar-refractivity contribution in [3.05, 3.63) is 0 Å². The molecule has 0 aromatic rings. The number of esters is 4. The van der Waals surface area contributed by atoms with Crippen LogP contribution in [-0.4, -0.2) is 96.7 Å². The third kappa shape index (κ3) is 70.2. The summed E-state index contributed by atoms with van der Waals surface area (Å²) in [6.45, 7) is 14.2. The first-order chi connectivity index (χ1) is 47.7. The van der Waals surface area contributed by atoms with E-state index in [2.05, 4.69) is 55.4 Å². The van der Waals surface area contributed by atoms with E-state index < -0.39 is 97.5 Å². The largest absolute Gasteiger partial charge is 0.472 e. The fourth-order valence-corrected chi connectivity index (χ4v) is 13.7. The van der Waals surface area contributed by atoms with E-state index in [1.165, 1.54) is 205 Å². The van der Waals surface area contributed by atoms with Crippen LogP contribution in [0.3, 0.4) is 0 Å². The smallest absolute Gasteiger partial charge is 0.462 e. The number of phosphoric ester groups is 2. The fourth-order valence-electron chi connectivity index (χ4n) is 12.2. The zero-order chi connectivity index (χ0) is 73.1. The highest BCUT2D eigenvalue weighted by atomic mass is 31.2. The lowest BCUT2D eigenvalue weighted by atomic mass is 9.99. The van der Waals surface area contributed by atoms with Crippen LogP contribution in [0.25, 0.3) is 0 Å². The maximum atomic E-state index is 13.1. The lowest BCUT2D eigenvalue weighted by Crippen LogP contribution is -2.30. The third-order valence-electron chi connectivity index (χ3n) is 19.7. The van der Waals surface area contributed by atoms with Crippen LogP contribution in [0.2, 0.25) is 0 Å². The van der Waals surface area contributed by atoms with Gasteiger partial charge in [0.2, 0.25) is 0 Å². The van der Waals surface area contributed by atoms with E-state index in [1.54, 1.807) is 0 Å². The molecule has 0 bridgehead atoms. The van der Waals surface area contributed by atoms with Crippen molar-refractivity contribution in [2.24, 2.45) is 23.7 Å². The number of phosphoric acid groups is 2. The summed E-state index contributed by atoms with van der Waals surface area (Å²) < 4.78 is 68.6. The number of hydrogen-bond acceptors (Lipinski definition) is 15. The van der Waals surface area contributed by atoms with Gasteiger partial charge in [0, 0.05) is 25.7 Å². The van der Waals surface area contributed by atoms with Crippen molar-refractivity contribution in [3.8, 4) is 0 Å². The van der Waals surface area contributed by atoms with Gasteiger partial charge >= 0.3 is 39.5 Å². The second kappa shape index (κ2) is 69.1. The summed E-state index contributed by atoms with van der Waals surface area (Å²) in [5, 5.41) is 10.6. The molecule has 0 saturated carbocycles. The molecule has 17 nitrogen and oxygen atoms in total. The average molecular weight is 1450 g/mol. The van der Waals surface area contributed by atoms with E-state index >= 15 is 0 Å². The quantitative estimate of drug-likeness (QED) is 0.0222. The summed E-state index contributed by atoms with van der Waals surface area (Å²) in [6, 6.07) is 0. The molecule has 588 valence electrons. The van der Waals surface area contributed by atoms with Crippen LogP contribution in [0.4, 0.5) is 0 Å². The molecule has 0 amide bonds. The second-order valence-electron chi connectivity index (χ2n) is 30.0. The number of aliphatic hydroxyl groups is 1. The van der Waals surface area contributed by atoms with Crippen LogP contribution in [0.1, 0.15) is 409 Å². The predicted octanol–water partition coefficient (Wildman–Crippen LogP) is 23.6. The van der Waals surface area contributed by atoms with Crippen molar-refractivity contribution in [2.45, 2.75) is 427 Å². The standard InChI is InChI=1S/C80H156O17P2/c1-9-71(6)57-49-41-33-29-25-21-16-14-12-13-15-17-22-26-30-34-44-52-60-77(82)90-66-75(96-79(84)62-54-46-35-31-27-23-19-18-20-24-28-32-40-48-56-70(4)5)68-94-98(86,87)92-64-74(81)65-93-99(88,89)95-69-76(97-80(85)63-55-47-39-37-43-51-59-73(8)11-3)67-91-78(83)61-53-45-38-36-42-50-58-72(7)10-2/h70-76,81H,9-69H2,1-8H3,(H,86,87)(H,88,89)/t71?,72?,73?,74-,75-,76-/m1/s1. The summed E-state index contributed by atoms with van der Waals surface area (Å²) >= 11 is 0. The van der Waals surface area contributed by atoms with E-state index in [0.717, 1.165) is 120 Å². The highest BCUT2D eigenvalue weighted by Gasteiger charge is 2.30. The number of rotatable bonds is 77. The van der Waals surface area contributed by atoms with Gasteiger partial charge in [0.15, 0.2) is 12.2 Å². The maximum absolute atomic E-state index is 13.1. The van der Waals surface area contributed by atoms with E-state index in [-0.39, 0.29) is 25.7 Å². The summed E-state index contributed by atoms with van der Waals surface area (Å²) in [5.41, 5.74) is 0. The summed E-state index contributed by atoms with van der Waals surface area (Å²) in [5.74, 6) is 0.999. The van der Waals surface area contributed by atoms with Crippen LogP contribution in [0.5, 0.6) is 0 Å². The Bertz CT molecular complexity index is 1940. The molecule has 0 rings (SSSR count). The van der Waals surface area contributed by atoms with Gasteiger partial charge in [-0.25, -0.2) is 9.13 Å². The molecular weight excluding hydrogens is 1290 g/mol. The Morgan fingerprint density at radius 2 is 0.485 bits per heavy atom. The minimum absolute atomic E-state index is 0.102. The summed E-state index contributed by atoms with van der Waals surface area (Å²) in [4.78, 5) is 72.9. The van der Waals surface area contributed by atoms with E-state index in [9.17, 15) is 43.2 Å². The first-order valence-electron chi connectivity index (χ1n) is 41.3. The number of carbonyl (C=O) groups excluding carboxylic acids is 4. The molecule has 0 heterocycles. The van der Waals surface area contributed by atoms with Gasteiger partial charge in [-0.05, 0) is 49.4 Å². The molecule has 0 aromatic carbocycles. The van der Waals surface area contributed by atoms with E-state index in [4.69, 9.17) is 37.0 Å².